The molecule has 0 aliphatic heterocycles. The van der Waals surface area contributed by atoms with Crippen LogP contribution in [0.25, 0.3) is 10.6 Å². The molecule has 2 heterocycles. The van der Waals surface area contributed by atoms with Crippen LogP contribution in [0.3, 0.4) is 0 Å². The summed E-state index contributed by atoms with van der Waals surface area (Å²) in [4.78, 5) is 34.5. The van der Waals surface area contributed by atoms with Crippen molar-refractivity contribution < 1.29 is 9.59 Å². The molecule has 1 aromatic carbocycles. The molecular weight excluding hydrogens is 419 g/mol. The Labute approximate surface area is 176 Å². The molecule has 0 bridgehead atoms. The van der Waals surface area contributed by atoms with E-state index in [-0.39, 0.29) is 24.8 Å². The fourth-order valence-corrected chi connectivity index (χ4v) is 3.49. The molecule has 1 N–H and O–H groups in total. The van der Waals surface area contributed by atoms with E-state index < -0.39 is 0 Å². The molecule has 0 unspecified atom stereocenters. The Morgan fingerprint density at radius 3 is 2.75 bits per heavy atom. The van der Waals surface area contributed by atoms with Gasteiger partial charge in [0.1, 0.15) is 5.01 Å². The highest BCUT2D eigenvalue weighted by Crippen LogP contribution is 2.25. The van der Waals surface area contributed by atoms with Crippen molar-refractivity contribution in [3.63, 3.8) is 0 Å². The fourth-order valence-electron chi connectivity index (χ4n) is 2.38. The minimum absolute atomic E-state index is 0.0846. The molecule has 0 spiro atoms. The Hall–Kier alpha value is -2.48. The summed E-state index contributed by atoms with van der Waals surface area (Å²) in [6, 6.07) is 8.54. The predicted octanol–water partition coefficient (Wildman–Crippen LogP) is 4.15. The van der Waals surface area contributed by atoms with Crippen molar-refractivity contribution in [2.24, 2.45) is 0 Å². The number of hydrogen-bond donors (Lipinski definition) is 1. The molecule has 0 aliphatic rings. The average Bonchev–Trinajstić information content (AvgIpc) is 3.14. The number of rotatable bonds is 6. The van der Waals surface area contributed by atoms with Gasteiger partial charge in [0.15, 0.2) is 0 Å². The van der Waals surface area contributed by atoms with Gasteiger partial charge in [-0.2, -0.15) is 0 Å². The number of hydrogen-bond acceptors (Lipinski definition) is 5. The molecule has 0 fully saturated rings. The maximum atomic E-state index is 12.4. The topological polar surface area (TPSA) is 75.2 Å². The van der Waals surface area contributed by atoms with E-state index in [4.69, 9.17) is 23.2 Å². The van der Waals surface area contributed by atoms with E-state index in [2.05, 4.69) is 15.3 Å². The Morgan fingerprint density at radius 2 is 2.04 bits per heavy atom. The van der Waals surface area contributed by atoms with Crippen molar-refractivity contribution in [3.05, 3.63) is 63.8 Å². The van der Waals surface area contributed by atoms with Gasteiger partial charge in [0.05, 0.1) is 28.7 Å². The second-order valence-electron chi connectivity index (χ2n) is 5.99. The SMILES string of the molecule is CN(CC(=O)Nc1ccc(Cl)c(Cl)c1)C(=O)Cc1csc(-c2cccnc2)n1. The average molecular weight is 435 g/mol. The molecule has 0 saturated carbocycles. The summed E-state index contributed by atoms with van der Waals surface area (Å²) in [5.41, 5.74) is 2.08. The number of nitrogens with zero attached hydrogens (tertiary/aromatic N) is 3. The number of likely N-dealkylation sites (N-methyl/N-ethyl adjacent to an activating group) is 1. The Balaban J connectivity index is 1.55. The zero-order chi connectivity index (χ0) is 20.1. The van der Waals surface area contributed by atoms with Gasteiger partial charge in [-0.15, -0.1) is 11.3 Å². The molecule has 144 valence electrons. The summed E-state index contributed by atoms with van der Waals surface area (Å²) in [6.45, 7) is -0.0846. The Bertz CT molecular complexity index is 995. The zero-order valence-corrected chi connectivity index (χ0v) is 17.2. The summed E-state index contributed by atoms with van der Waals surface area (Å²) in [5, 5.41) is 6.08. The largest absolute Gasteiger partial charge is 0.336 e. The maximum Gasteiger partial charge on any atom is 0.243 e. The Kier molecular flexibility index (Phi) is 6.61. The number of aromatic nitrogens is 2. The van der Waals surface area contributed by atoms with Gasteiger partial charge in [0, 0.05) is 36.1 Å². The summed E-state index contributed by atoms with van der Waals surface area (Å²) < 4.78 is 0. The highest BCUT2D eigenvalue weighted by Gasteiger charge is 2.16. The summed E-state index contributed by atoms with van der Waals surface area (Å²) >= 11 is 13.2. The molecule has 6 nitrogen and oxygen atoms in total. The molecular formula is C19H16Cl2N4O2S. The first-order valence-corrected chi connectivity index (χ1v) is 9.89. The van der Waals surface area contributed by atoms with Crippen LogP contribution in [0.15, 0.2) is 48.1 Å². The summed E-state index contributed by atoms with van der Waals surface area (Å²) in [5.74, 6) is -0.532. The molecule has 0 saturated heterocycles. The number of carbonyl (C=O) groups is 2. The van der Waals surface area contributed by atoms with Gasteiger partial charge < -0.3 is 10.2 Å². The van der Waals surface area contributed by atoms with Crippen molar-refractivity contribution in [2.75, 3.05) is 18.9 Å². The lowest BCUT2D eigenvalue weighted by Gasteiger charge is -2.16. The highest BCUT2D eigenvalue weighted by atomic mass is 35.5. The normalized spacial score (nSPS) is 10.5. The van der Waals surface area contributed by atoms with Crippen LogP contribution in [-0.4, -0.2) is 40.3 Å². The lowest BCUT2D eigenvalue weighted by Crippen LogP contribution is -2.35. The first-order chi connectivity index (χ1) is 13.4. The van der Waals surface area contributed by atoms with Crippen LogP contribution in [0.2, 0.25) is 10.0 Å². The Morgan fingerprint density at radius 1 is 1.21 bits per heavy atom. The number of pyridine rings is 1. The first kappa shape index (κ1) is 20.3. The third-order valence-corrected chi connectivity index (χ3v) is 5.48. The molecule has 0 radical (unpaired) electrons. The molecule has 0 atom stereocenters. The number of anilines is 1. The van der Waals surface area contributed by atoms with Crippen LogP contribution in [-0.2, 0) is 16.0 Å². The zero-order valence-electron chi connectivity index (χ0n) is 14.9. The lowest BCUT2D eigenvalue weighted by atomic mass is 10.3. The standard InChI is InChI=1S/C19H16Cl2N4O2S/c1-25(10-17(26)23-13-4-5-15(20)16(21)7-13)18(27)8-14-11-28-19(24-14)12-3-2-6-22-9-12/h2-7,9,11H,8,10H2,1H3,(H,23,26). The minimum Gasteiger partial charge on any atom is -0.336 e. The van der Waals surface area contributed by atoms with Crippen molar-refractivity contribution in [3.8, 4) is 10.6 Å². The van der Waals surface area contributed by atoms with Gasteiger partial charge in [-0.25, -0.2) is 4.98 Å². The molecule has 3 rings (SSSR count). The van der Waals surface area contributed by atoms with E-state index in [0.717, 1.165) is 10.6 Å². The van der Waals surface area contributed by atoms with Crippen molar-refractivity contribution in [2.45, 2.75) is 6.42 Å². The number of carbonyl (C=O) groups excluding carboxylic acids is 2. The van der Waals surface area contributed by atoms with Crippen molar-refractivity contribution >= 4 is 52.0 Å². The molecule has 2 amide bonds. The van der Waals surface area contributed by atoms with Gasteiger partial charge in [0.25, 0.3) is 0 Å². The van der Waals surface area contributed by atoms with Crippen LogP contribution in [0.5, 0.6) is 0 Å². The number of amides is 2. The lowest BCUT2D eigenvalue weighted by molar-refractivity contribution is -0.132. The number of nitrogens with one attached hydrogen (secondary N) is 1. The molecule has 0 aliphatic carbocycles. The van der Waals surface area contributed by atoms with Crippen LogP contribution in [0, 0.1) is 0 Å². The van der Waals surface area contributed by atoms with E-state index >= 15 is 0 Å². The quantitative estimate of drug-likeness (QED) is 0.631. The van der Waals surface area contributed by atoms with E-state index in [1.807, 2.05) is 17.5 Å². The van der Waals surface area contributed by atoms with E-state index in [9.17, 15) is 9.59 Å². The van der Waals surface area contributed by atoms with Crippen LogP contribution >= 0.6 is 34.5 Å². The van der Waals surface area contributed by atoms with Crippen molar-refractivity contribution in [1.82, 2.24) is 14.9 Å². The van der Waals surface area contributed by atoms with E-state index in [0.29, 0.717) is 21.4 Å². The molecule has 3 aromatic rings. The van der Waals surface area contributed by atoms with Crippen LogP contribution < -0.4 is 5.32 Å². The highest BCUT2D eigenvalue weighted by molar-refractivity contribution is 7.13. The van der Waals surface area contributed by atoms with Gasteiger partial charge in [0.2, 0.25) is 11.8 Å². The van der Waals surface area contributed by atoms with E-state index in [1.165, 1.54) is 16.2 Å². The van der Waals surface area contributed by atoms with Gasteiger partial charge in [-0.1, -0.05) is 23.2 Å². The minimum atomic E-state index is -0.330. The monoisotopic (exact) mass is 434 g/mol. The molecule has 9 heteroatoms. The van der Waals surface area contributed by atoms with Crippen LogP contribution in [0.1, 0.15) is 5.69 Å². The summed E-state index contributed by atoms with van der Waals surface area (Å²) in [7, 11) is 1.57. The van der Waals surface area contributed by atoms with Gasteiger partial charge in [-0.05, 0) is 30.3 Å². The van der Waals surface area contributed by atoms with E-state index in [1.54, 1.807) is 37.6 Å². The third-order valence-electron chi connectivity index (χ3n) is 3.80. The number of benzene rings is 1. The van der Waals surface area contributed by atoms with Crippen molar-refractivity contribution in [1.29, 1.82) is 0 Å². The maximum absolute atomic E-state index is 12.4. The van der Waals surface area contributed by atoms with Gasteiger partial charge >= 0.3 is 0 Å². The molecule has 2 aromatic heterocycles. The smallest absolute Gasteiger partial charge is 0.243 e. The summed E-state index contributed by atoms with van der Waals surface area (Å²) in [6.07, 6.45) is 3.54. The fraction of sp³-hybridized carbons (Fsp3) is 0.158. The number of halogens is 2. The molecule has 28 heavy (non-hydrogen) atoms. The van der Waals surface area contributed by atoms with Gasteiger partial charge in [-0.3, -0.25) is 14.6 Å². The second-order valence-corrected chi connectivity index (χ2v) is 7.66. The first-order valence-electron chi connectivity index (χ1n) is 8.26. The second kappa shape index (κ2) is 9.14. The third kappa shape index (κ3) is 5.28. The number of thiazole rings is 1. The van der Waals surface area contributed by atoms with Crippen LogP contribution in [0.4, 0.5) is 5.69 Å². The predicted molar refractivity (Wildman–Crippen MR) is 112 cm³/mol.